The summed E-state index contributed by atoms with van der Waals surface area (Å²) in [5.74, 6) is 2.38. The average Bonchev–Trinajstić information content (AvgIpc) is 3.24. The molecule has 1 amide bonds. The second kappa shape index (κ2) is 5.44. The minimum atomic E-state index is -0.110. The lowest BCUT2D eigenvalue weighted by Crippen LogP contribution is -2.21. The molecule has 6 heteroatoms. The molecule has 25 heavy (non-hydrogen) atoms. The molecule has 1 N–H and O–H groups in total. The monoisotopic (exact) mass is 337 g/mol. The molecule has 0 radical (unpaired) electrons. The summed E-state index contributed by atoms with van der Waals surface area (Å²) in [4.78, 5) is 25.0. The largest absolute Gasteiger partial charge is 0.363 e. The summed E-state index contributed by atoms with van der Waals surface area (Å²) >= 11 is 0. The Bertz CT molecular complexity index is 857. The Morgan fingerprint density at radius 2 is 2.04 bits per heavy atom. The fourth-order valence-electron chi connectivity index (χ4n) is 3.58. The smallest absolute Gasteiger partial charge is 0.222 e. The number of pyridine rings is 2. The van der Waals surface area contributed by atoms with Gasteiger partial charge in [0.05, 0.1) is 5.69 Å². The number of hydrogen-bond acceptors (Lipinski definition) is 5. The minimum absolute atomic E-state index is 0.110. The number of nitrogens with zero attached hydrogens (tertiary/aromatic N) is 4. The highest BCUT2D eigenvalue weighted by atomic mass is 16.1. The molecule has 130 valence electrons. The molecule has 1 saturated carbocycles. The van der Waals surface area contributed by atoms with Gasteiger partial charge in [0.15, 0.2) is 0 Å². The highest BCUT2D eigenvalue weighted by Crippen LogP contribution is 2.58. The van der Waals surface area contributed by atoms with Gasteiger partial charge in [0, 0.05) is 50.8 Å². The Labute approximate surface area is 147 Å². The van der Waals surface area contributed by atoms with Crippen LogP contribution >= 0.6 is 0 Å². The average molecular weight is 337 g/mol. The summed E-state index contributed by atoms with van der Waals surface area (Å²) in [5, 5.41) is 2.79. The predicted molar refractivity (Wildman–Crippen MR) is 99.8 cm³/mol. The van der Waals surface area contributed by atoms with E-state index < -0.39 is 0 Å². The number of rotatable bonds is 3. The van der Waals surface area contributed by atoms with Crippen LogP contribution in [0.5, 0.6) is 0 Å². The zero-order valence-corrected chi connectivity index (χ0v) is 15.1. The Kier molecular flexibility index (Phi) is 3.45. The lowest BCUT2D eigenvalue weighted by molar-refractivity contribution is -0.114. The van der Waals surface area contributed by atoms with Gasteiger partial charge in [0.25, 0.3) is 0 Å². The van der Waals surface area contributed by atoms with Gasteiger partial charge in [0.2, 0.25) is 5.91 Å². The fraction of sp³-hybridized carbons (Fsp3) is 0.421. The lowest BCUT2D eigenvalue weighted by atomic mass is 10.0. The molecular formula is C19H23N5O. The van der Waals surface area contributed by atoms with E-state index in [1.165, 1.54) is 30.9 Å². The molecule has 1 aliphatic heterocycles. The van der Waals surface area contributed by atoms with Gasteiger partial charge < -0.3 is 15.1 Å². The number of aryl methyl sites for hydroxylation is 1. The molecule has 4 rings (SSSR count). The van der Waals surface area contributed by atoms with Crippen molar-refractivity contribution in [3.8, 4) is 0 Å². The predicted octanol–water partition coefficient (Wildman–Crippen LogP) is 2.99. The molecule has 2 aromatic rings. The number of hydrogen-bond donors (Lipinski definition) is 1. The summed E-state index contributed by atoms with van der Waals surface area (Å²) in [6.07, 6.45) is 4.30. The number of carbonyl (C=O) groups is 1. The molecule has 1 fully saturated rings. The van der Waals surface area contributed by atoms with Crippen LogP contribution in [-0.2, 0) is 10.2 Å². The van der Waals surface area contributed by atoms with Crippen LogP contribution in [0, 0.1) is 6.92 Å². The molecule has 0 aromatic carbocycles. The van der Waals surface area contributed by atoms with Crippen molar-refractivity contribution in [1.29, 1.82) is 0 Å². The Morgan fingerprint density at radius 3 is 2.68 bits per heavy atom. The van der Waals surface area contributed by atoms with E-state index in [0.717, 1.165) is 23.9 Å². The van der Waals surface area contributed by atoms with Crippen LogP contribution < -0.4 is 15.1 Å². The molecule has 0 unspecified atom stereocenters. The van der Waals surface area contributed by atoms with Crippen LogP contribution in [-0.4, -0.2) is 36.5 Å². The van der Waals surface area contributed by atoms with Crippen molar-refractivity contribution in [1.82, 2.24) is 9.97 Å². The number of amides is 1. The maximum Gasteiger partial charge on any atom is 0.222 e. The number of fused-ring (bicyclic) bond motifs is 2. The molecule has 2 aromatic heterocycles. The van der Waals surface area contributed by atoms with Crippen molar-refractivity contribution in [3.05, 3.63) is 35.5 Å². The van der Waals surface area contributed by atoms with Gasteiger partial charge in [0.1, 0.15) is 17.5 Å². The quantitative estimate of drug-likeness (QED) is 0.933. The number of nitrogens with one attached hydrogen (secondary N) is 1. The maximum atomic E-state index is 11.4. The van der Waals surface area contributed by atoms with Gasteiger partial charge in [-0.15, -0.1) is 0 Å². The molecule has 0 atom stereocenters. The first-order valence-electron chi connectivity index (χ1n) is 8.60. The third kappa shape index (κ3) is 2.71. The van der Waals surface area contributed by atoms with Crippen molar-refractivity contribution in [2.75, 3.05) is 35.8 Å². The fourth-order valence-corrected chi connectivity index (χ4v) is 3.58. The standard InChI is InChI=1S/C19H23N5O/c1-12-7-17(23(3)4)22-18(8-12)24-11-19(5-6-19)14-10-20-16(9-15(14)24)21-13(2)25/h7-10H,5-6,11H2,1-4H3,(H,20,21,25). The maximum absolute atomic E-state index is 11.4. The number of anilines is 4. The SMILES string of the molecule is CC(=O)Nc1cc2c(cn1)C1(CC1)CN2c1cc(C)cc(N(C)C)n1. The van der Waals surface area contributed by atoms with E-state index in [2.05, 4.69) is 34.3 Å². The minimum Gasteiger partial charge on any atom is -0.363 e. The van der Waals surface area contributed by atoms with E-state index in [1.54, 1.807) is 0 Å². The van der Waals surface area contributed by atoms with Crippen molar-refractivity contribution < 1.29 is 4.79 Å². The second-order valence-electron chi connectivity index (χ2n) is 7.39. The van der Waals surface area contributed by atoms with Gasteiger partial charge in [-0.25, -0.2) is 9.97 Å². The summed E-state index contributed by atoms with van der Waals surface area (Å²) < 4.78 is 0. The van der Waals surface area contributed by atoms with Gasteiger partial charge in [-0.05, 0) is 37.5 Å². The zero-order valence-electron chi connectivity index (χ0n) is 15.1. The summed E-state index contributed by atoms with van der Waals surface area (Å²) in [7, 11) is 4.01. The molecule has 6 nitrogen and oxygen atoms in total. The molecule has 1 spiro atoms. The van der Waals surface area contributed by atoms with E-state index in [4.69, 9.17) is 4.98 Å². The summed E-state index contributed by atoms with van der Waals surface area (Å²) in [5.41, 5.74) is 3.78. The van der Waals surface area contributed by atoms with Gasteiger partial charge >= 0.3 is 0 Å². The zero-order chi connectivity index (χ0) is 17.8. The van der Waals surface area contributed by atoms with Crippen molar-refractivity contribution in [2.45, 2.75) is 32.1 Å². The third-order valence-corrected chi connectivity index (χ3v) is 5.04. The molecule has 1 aliphatic carbocycles. The van der Waals surface area contributed by atoms with Crippen LogP contribution in [0.1, 0.15) is 30.9 Å². The van der Waals surface area contributed by atoms with Crippen LogP contribution in [0.25, 0.3) is 0 Å². The van der Waals surface area contributed by atoms with E-state index in [0.29, 0.717) is 5.82 Å². The van der Waals surface area contributed by atoms with E-state index in [9.17, 15) is 4.79 Å². The van der Waals surface area contributed by atoms with Gasteiger partial charge in [-0.2, -0.15) is 0 Å². The Hall–Kier alpha value is -2.63. The second-order valence-corrected chi connectivity index (χ2v) is 7.39. The first-order valence-corrected chi connectivity index (χ1v) is 8.60. The molecule has 2 aliphatic rings. The summed E-state index contributed by atoms with van der Waals surface area (Å²) in [6, 6.07) is 6.18. The highest BCUT2D eigenvalue weighted by molar-refractivity contribution is 5.89. The molecule has 3 heterocycles. The first-order chi connectivity index (χ1) is 11.9. The van der Waals surface area contributed by atoms with E-state index in [-0.39, 0.29) is 11.3 Å². The Balaban J connectivity index is 1.79. The van der Waals surface area contributed by atoms with Crippen LogP contribution in [0.4, 0.5) is 23.1 Å². The van der Waals surface area contributed by atoms with Crippen LogP contribution in [0.2, 0.25) is 0 Å². The summed E-state index contributed by atoms with van der Waals surface area (Å²) in [6.45, 7) is 4.52. The highest BCUT2D eigenvalue weighted by Gasteiger charge is 2.52. The van der Waals surface area contributed by atoms with Crippen molar-refractivity contribution >= 4 is 29.0 Å². The molecule has 0 saturated heterocycles. The Morgan fingerprint density at radius 1 is 1.28 bits per heavy atom. The topological polar surface area (TPSA) is 61.4 Å². The van der Waals surface area contributed by atoms with Gasteiger partial charge in [-0.1, -0.05) is 0 Å². The number of aromatic nitrogens is 2. The molecular weight excluding hydrogens is 314 g/mol. The van der Waals surface area contributed by atoms with E-state index >= 15 is 0 Å². The van der Waals surface area contributed by atoms with Crippen LogP contribution in [0.15, 0.2) is 24.4 Å². The van der Waals surface area contributed by atoms with Gasteiger partial charge in [-0.3, -0.25) is 4.79 Å². The third-order valence-electron chi connectivity index (χ3n) is 5.04. The van der Waals surface area contributed by atoms with Crippen molar-refractivity contribution in [2.24, 2.45) is 0 Å². The van der Waals surface area contributed by atoms with E-state index in [1.807, 2.05) is 31.3 Å². The lowest BCUT2D eigenvalue weighted by Gasteiger charge is -2.22. The molecule has 0 bridgehead atoms. The normalized spacial score (nSPS) is 16.7. The first kappa shape index (κ1) is 15.9. The van der Waals surface area contributed by atoms with Crippen molar-refractivity contribution in [3.63, 3.8) is 0 Å². The number of carbonyl (C=O) groups excluding carboxylic acids is 1. The van der Waals surface area contributed by atoms with Crippen LogP contribution in [0.3, 0.4) is 0 Å².